The monoisotopic (exact) mass is 282 g/mol. The van der Waals surface area contributed by atoms with Crippen LogP contribution >= 0.6 is 0 Å². The number of esters is 1. The third-order valence-electron chi connectivity index (χ3n) is 3.03. The maximum absolute atomic E-state index is 12.5. The van der Waals surface area contributed by atoms with Crippen LogP contribution in [-0.4, -0.2) is 42.4 Å². The normalized spacial score (nSPS) is 19.1. The molecule has 0 spiro atoms. The molecule has 20 heavy (non-hydrogen) atoms. The van der Waals surface area contributed by atoms with E-state index >= 15 is 0 Å². The molecule has 1 heterocycles. The predicted molar refractivity (Wildman–Crippen MR) is 73.5 cm³/mol. The fourth-order valence-corrected chi connectivity index (χ4v) is 2.23. The summed E-state index contributed by atoms with van der Waals surface area (Å²) in [6.07, 6.45) is 3.03. The number of ether oxygens (including phenoxy) is 1. The molecule has 112 valence electrons. The van der Waals surface area contributed by atoms with Crippen molar-refractivity contribution >= 4 is 17.8 Å². The zero-order chi connectivity index (χ0) is 15.3. The van der Waals surface area contributed by atoms with E-state index in [0.29, 0.717) is 13.0 Å². The highest BCUT2D eigenvalue weighted by atomic mass is 16.5. The number of methoxy groups -OCH3 is 1. The van der Waals surface area contributed by atoms with Gasteiger partial charge in [0.2, 0.25) is 5.91 Å². The van der Waals surface area contributed by atoms with Gasteiger partial charge in [-0.05, 0) is 18.8 Å². The lowest BCUT2D eigenvalue weighted by molar-refractivity contribution is -0.150. The van der Waals surface area contributed by atoms with E-state index < -0.39 is 12.0 Å². The molecule has 1 atom stereocenters. The Morgan fingerprint density at radius 3 is 2.50 bits per heavy atom. The van der Waals surface area contributed by atoms with E-state index in [2.05, 4.69) is 5.32 Å². The Balaban J connectivity index is 2.94. The van der Waals surface area contributed by atoms with E-state index in [4.69, 9.17) is 4.74 Å². The van der Waals surface area contributed by atoms with Crippen molar-refractivity contribution in [3.8, 4) is 0 Å². The lowest BCUT2D eigenvalue weighted by atomic mass is 10.1. The van der Waals surface area contributed by atoms with E-state index in [1.54, 1.807) is 6.08 Å². The summed E-state index contributed by atoms with van der Waals surface area (Å²) in [5, 5.41) is 2.54. The van der Waals surface area contributed by atoms with Crippen molar-refractivity contribution in [1.29, 1.82) is 0 Å². The van der Waals surface area contributed by atoms with Gasteiger partial charge in [-0.25, -0.2) is 4.79 Å². The van der Waals surface area contributed by atoms with Crippen LogP contribution in [0.25, 0.3) is 0 Å². The first-order valence-corrected chi connectivity index (χ1v) is 6.75. The molecule has 1 fully saturated rings. The highest BCUT2D eigenvalue weighted by Gasteiger charge is 2.36. The number of amides is 2. The summed E-state index contributed by atoms with van der Waals surface area (Å²) in [6, 6.07) is -0.558. The second-order valence-corrected chi connectivity index (χ2v) is 5.19. The molecule has 1 unspecified atom stereocenters. The Labute approximate surface area is 119 Å². The summed E-state index contributed by atoms with van der Waals surface area (Å²) in [6.45, 7) is 5.67. The Morgan fingerprint density at radius 2 is 2.00 bits per heavy atom. The SMILES string of the molecule is COC(=O)C1CCCN1C(=O)C(=CC(C)C)NC(C)=O. The molecule has 0 aromatic carbocycles. The third kappa shape index (κ3) is 4.08. The molecular weight excluding hydrogens is 260 g/mol. The quantitative estimate of drug-likeness (QED) is 0.612. The van der Waals surface area contributed by atoms with Crippen molar-refractivity contribution in [1.82, 2.24) is 10.2 Å². The van der Waals surface area contributed by atoms with Crippen LogP contribution in [0.15, 0.2) is 11.8 Å². The summed E-state index contributed by atoms with van der Waals surface area (Å²) in [5.74, 6) is -0.941. The van der Waals surface area contributed by atoms with E-state index in [1.165, 1.54) is 18.9 Å². The van der Waals surface area contributed by atoms with Gasteiger partial charge in [0.15, 0.2) is 0 Å². The van der Waals surface area contributed by atoms with Gasteiger partial charge in [-0.3, -0.25) is 9.59 Å². The van der Waals surface area contributed by atoms with E-state index in [1.807, 2.05) is 13.8 Å². The van der Waals surface area contributed by atoms with Crippen LogP contribution < -0.4 is 5.32 Å². The Morgan fingerprint density at radius 1 is 1.35 bits per heavy atom. The minimum absolute atomic E-state index is 0.111. The molecule has 0 saturated carbocycles. The average Bonchev–Trinajstić information content (AvgIpc) is 2.84. The van der Waals surface area contributed by atoms with Crippen LogP contribution in [0.2, 0.25) is 0 Å². The van der Waals surface area contributed by atoms with Crippen LogP contribution in [0.4, 0.5) is 0 Å². The third-order valence-corrected chi connectivity index (χ3v) is 3.03. The molecular formula is C14H22N2O4. The maximum atomic E-state index is 12.5. The minimum Gasteiger partial charge on any atom is -0.467 e. The maximum Gasteiger partial charge on any atom is 0.328 e. The molecule has 1 N–H and O–H groups in total. The largest absolute Gasteiger partial charge is 0.467 e. The van der Waals surface area contributed by atoms with Gasteiger partial charge in [-0.15, -0.1) is 0 Å². The molecule has 0 aromatic rings. The number of carbonyl (C=O) groups excluding carboxylic acids is 3. The van der Waals surface area contributed by atoms with E-state index in [9.17, 15) is 14.4 Å². The molecule has 0 radical (unpaired) electrons. The molecule has 0 aromatic heterocycles. The van der Waals surface area contributed by atoms with Gasteiger partial charge in [0.05, 0.1) is 7.11 Å². The van der Waals surface area contributed by atoms with Gasteiger partial charge in [0.1, 0.15) is 11.7 Å². The molecule has 1 rings (SSSR count). The highest BCUT2D eigenvalue weighted by molar-refractivity contribution is 5.99. The number of hydrogen-bond acceptors (Lipinski definition) is 4. The summed E-state index contributed by atoms with van der Waals surface area (Å²) in [5.41, 5.74) is 0.225. The van der Waals surface area contributed by atoms with Gasteiger partial charge >= 0.3 is 5.97 Å². The molecule has 1 aliphatic rings. The lowest BCUT2D eigenvalue weighted by Gasteiger charge is -2.24. The Bertz CT molecular complexity index is 429. The van der Waals surface area contributed by atoms with Gasteiger partial charge in [0, 0.05) is 13.5 Å². The zero-order valence-electron chi connectivity index (χ0n) is 12.4. The Hall–Kier alpha value is -1.85. The average molecular weight is 282 g/mol. The first kappa shape index (κ1) is 16.2. The topological polar surface area (TPSA) is 75.7 Å². The van der Waals surface area contributed by atoms with E-state index in [-0.39, 0.29) is 23.4 Å². The molecule has 6 heteroatoms. The van der Waals surface area contributed by atoms with Crippen molar-refractivity contribution in [3.63, 3.8) is 0 Å². The van der Waals surface area contributed by atoms with Gasteiger partial charge in [0.25, 0.3) is 5.91 Å². The lowest BCUT2D eigenvalue weighted by Crippen LogP contribution is -2.44. The van der Waals surface area contributed by atoms with E-state index in [0.717, 1.165) is 6.42 Å². The number of carbonyl (C=O) groups is 3. The molecule has 0 aliphatic carbocycles. The number of rotatable bonds is 4. The van der Waals surface area contributed by atoms with Gasteiger partial charge in [-0.2, -0.15) is 0 Å². The predicted octanol–water partition coefficient (Wildman–Crippen LogP) is 0.826. The number of likely N-dealkylation sites (tertiary alicyclic amines) is 1. The van der Waals surface area contributed by atoms with Crippen molar-refractivity contribution in [2.75, 3.05) is 13.7 Å². The van der Waals surface area contributed by atoms with Crippen molar-refractivity contribution in [2.45, 2.75) is 39.7 Å². The summed E-state index contributed by atoms with van der Waals surface area (Å²) < 4.78 is 4.72. The second kappa shape index (κ2) is 7.07. The van der Waals surface area contributed by atoms with Crippen molar-refractivity contribution < 1.29 is 19.1 Å². The number of allylic oxidation sites excluding steroid dienone is 1. The summed E-state index contributed by atoms with van der Waals surface area (Å²) in [4.78, 5) is 36.8. The molecule has 2 amide bonds. The standard InChI is InChI=1S/C14H22N2O4/c1-9(2)8-11(15-10(3)17)13(18)16-7-5-6-12(16)14(19)20-4/h8-9,12H,5-7H2,1-4H3,(H,15,17). The van der Waals surface area contributed by atoms with Crippen LogP contribution in [0.1, 0.15) is 33.6 Å². The molecule has 6 nitrogen and oxygen atoms in total. The molecule has 1 aliphatic heterocycles. The summed E-state index contributed by atoms with van der Waals surface area (Å²) >= 11 is 0. The Kier molecular flexibility index (Phi) is 5.73. The second-order valence-electron chi connectivity index (χ2n) is 5.19. The number of nitrogens with zero attached hydrogens (tertiary/aromatic N) is 1. The van der Waals surface area contributed by atoms with Crippen LogP contribution in [0, 0.1) is 5.92 Å². The molecule has 0 bridgehead atoms. The van der Waals surface area contributed by atoms with Crippen LogP contribution in [0.3, 0.4) is 0 Å². The van der Waals surface area contributed by atoms with Crippen molar-refractivity contribution in [2.24, 2.45) is 5.92 Å². The summed E-state index contributed by atoms with van der Waals surface area (Å²) in [7, 11) is 1.31. The van der Waals surface area contributed by atoms with Crippen LogP contribution in [-0.2, 0) is 19.1 Å². The van der Waals surface area contributed by atoms with Crippen LogP contribution in [0.5, 0.6) is 0 Å². The fourth-order valence-electron chi connectivity index (χ4n) is 2.23. The van der Waals surface area contributed by atoms with Crippen molar-refractivity contribution in [3.05, 3.63) is 11.8 Å². The number of nitrogens with one attached hydrogen (secondary N) is 1. The first-order chi connectivity index (χ1) is 9.36. The molecule has 1 saturated heterocycles. The smallest absolute Gasteiger partial charge is 0.328 e. The number of hydrogen-bond donors (Lipinski definition) is 1. The fraction of sp³-hybridized carbons (Fsp3) is 0.643. The highest BCUT2D eigenvalue weighted by Crippen LogP contribution is 2.20. The minimum atomic E-state index is -0.558. The van der Waals surface area contributed by atoms with Gasteiger partial charge < -0.3 is 15.0 Å². The zero-order valence-corrected chi connectivity index (χ0v) is 12.4. The first-order valence-electron chi connectivity index (χ1n) is 6.75. The van der Waals surface area contributed by atoms with Gasteiger partial charge in [-0.1, -0.05) is 19.9 Å².